The van der Waals surface area contributed by atoms with Gasteiger partial charge in [0.1, 0.15) is 5.82 Å². The Morgan fingerprint density at radius 2 is 1.71 bits per heavy atom. The molecule has 0 amide bonds. The van der Waals surface area contributed by atoms with Gasteiger partial charge in [-0.15, -0.1) is 0 Å². The van der Waals surface area contributed by atoms with Gasteiger partial charge in [-0.1, -0.05) is 30.7 Å². The van der Waals surface area contributed by atoms with Gasteiger partial charge in [0.25, 0.3) is 0 Å². The molecule has 2 aromatic carbocycles. The zero-order valence-corrected chi connectivity index (χ0v) is 17.2. The zero-order valence-electron chi connectivity index (χ0n) is 16.4. The third-order valence-electron chi connectivity index (χ3n) is 4.87. The van der Waals surface area contributed by atoms with Crippen molar-refractivity contribution in [2.24, 2.45) is 5.92 Å². The highest BCUT2D eigenvalue weighted by molar-refractivity contribution is 6.30. The molecule has 0 saturated carbocycles. The van der Waals surface area contributed by atoms with E-state index >= 15 is 0 Å². The lowest BCUT2D eigenvalue weighted by atomic mass is 9.87. The van der Waals surface area contributed by atoms with E-state index in [0.29, 0.717) is 40.6 Å². The van der Waals surface area contributed by atoms with Crippen LogP contribution in [0.25, 0.3) is 0 Å². The monoisotopic (exact) mass is 446 g/mol. The Bertz CT molecular complexity index is 1150. The second-order valence-corrected chi connectivity index (χ2v) is 7.93. The fourth-order valence-electron chi connectivity index (χ4n) is 3.52. The van der Waals surface area contributed by atoms with Gasteiger partial charge >= 0.3 is 6.18 Å². The van der Waals surface area contributed by atoms with Gasteiger partial charge in [0.2, 0.25) is 5.95 Å². The number of alkyl halides is 3. The highest BCUT2D eigenvalue weighted by Gasteiger charge is 2.31. The first-order valence-electron chi connectivity index (χ1n) is 9.60. The predicted molar refractivity (Wildman–Crippen MR) is 113 cm³/mol. The molecule has 1 aliphatic carbocycles. The van der Waals surface area contributed by atoms with Crippen molar-refractivity contribution in [1.82, 2.24) is 9.97 Å². The Morgan fingerprint density at radius 1 is 1.00 bits per heavy atom. The van der Waals surface area contributed by atoms with Gasteiger partial charge in [0.15, 0.2) is 5.78 Å². The van der Waals surface area contributed by atoms with Crippen molar-refractivity contribution in [2.75, 3.05) is 10.6 Å². The summed E-state index contributed by atoms with van der Waals surface area (Å²) in [5, 5.41) is 6.45. The third-order valence-corrected chi connectivity index (χ3v) is 5.11. The highest BCUT2D eigenvalue weighted by atomic mass is 35.5. The molecule has 0 fully saturated rings. The molecule has 1 aliphatic rings. The molecular formula is C22H18ClF3N4O. The van der Waals surface area contributed by atoms with E-state index in [0.717, 1.165) is 12.1 Å². The predicted octanol–water partition coefficient (Wildman–Crippen LogP) is 6.40. The minimum Gasteiger partial charge on any atom is -0.339 e. The number of ketones is 1. The molecule has 1 unspecified atom stereocenters. The molecule has 0 saturated heterocycles. The SMILES string of the molecule is CC1CC(=O)c2c(nc(Nc3cccc(C(F)(F)F)c3)nc2Nc2cccc(Cl)c2)C1. The summed E-state index contributed by atoms with van der Waals surface area (Å²) >= 11 is 6.05. The largest absolute Gasteiger partial charge is 0.416 e. The van der Waals surface area contributed by atoms with Gasteiger partial charge in [-0.3, -0.25) is 4.79 Å². The minimum absolute atomic E-state index is 0.0797. The molecule has 1 atom stereocenters. The quantitative estimate of drug-likeness (QED) is 0.485. The van der Waals surface area contributed by atoms with Crippen molar-refractivity contribution in [1.29, 1.82) is 0 Å². The Labute approximate surface area is 181 Å². The molecule has 2 N–H and O–H groups in total. The van der Waals surface area contributed by atoms with E-state index in [1.54, 1.807) is 24.3 Å². The lowest BCUT2D eigenvalue weighted by Gasteiger charge is -2.23. The number of rotatable bonds is 4. The fourth-order valence-corrected chi connectivity index (χ4v) is 3.71. The first-order chi connectivity index (χ1) is 14.7. The Kier molecular flexibility index (Phi) is 5.58. The standard InChI is InChI=1S/C22H18ClF3N4O/c1-12-8-17-19(18(31)9-12)20(27-16-7-3-5-14(23)11-16)30-21(29-17)28-15-6-2-4-13(10-15)22(24,25)26/h2-7,10-12H,8-9H2,1H3,(H2,27,28,29,30). The first kappa shape index (κ1) is 21.1. The van der Waals surface area contributed by atoms with E-state index in [9.17, 15) is 18.0 Å². The number of nitrogens with zero attached hydrogens (tertiary/aromatic N) is 2. The number of Topliss-reactive ketones (excluding diaryl/α,β-unsaturated/α-hetero) is 1. The molecule has 0 radical (unpaired) electrons. The second kappa shape index (κ2) is 8.19. The smallest absolute Gasteiger partial charge is 0.339 e. The van der Waals surface area contributed by atoms with E-state index in [-0.39, 0.29) is 23.3 Å². The lowest BCUT2D eigenvalue weighted by molar-refractivity contribution is -0.137. The van der Waals surface area contributed by atoms with Crippen LogP contribution >= 0.6 is 11.6 Å². The maximum absolute atomic E-state index is 13.0. The maximum atomic E-state index is 13.0. The number of nitrogens with one attached hydrogen (secondary N) is 2. The van der Waals surface area contributed by atoms with E-state index in [2.05, 4.69) is 20.6 Å². The Hall–Kier alpha value is -3.13. The van der Waals surface area contributed by atoms with Gasteiger partial charge in [0, 0.05) is 22.8 Å². The molecule has 0 bridgehead atoms. The topological polar surface area (TPSA) is 66.9 Å². The van der Waals surface area contributed by atoms with Crippen molar-refractivity contribution in [3.8, 4) is 0 Å². The van der Waals surface area contributed by atoms with E-state index < -0.39 is 11.7 Å². The van der Waals surface area contributed by atoms with Crippen LogP contribution in [0.5, 0.6) is 0 Å². The van der Waals surface area contributed by atoms with Crippen molar-refractivity contribution in [2.45, 2.75) is 25.9 Å². The second-order valence-electron chi connectivity index (χ2n) is 7.49. The summed E-state index contributed by atoms with van der Waals surface area (Å²) in [6.07, 6.45) is -3.53. The molecule has 9 heteroatoms. The van der Waals surface area contributed by atoms with Crippen molar-refractivity contribution < 1.29 is 18.0 Å². The van der Waals surface area contributed by atoms with Crippen LogP contribution in [0.15, 0.2) is 48.5 Å². The summed E-state index contributed by atoms with van der Waals surface area (Å²) in [5.41, 5.74) is 0.991. The average Bonchev–Trinajstić information content (AvgIpc) is 2.67. The number of hydrogen-bond acceptors (Lipinski definition) is 5. The summed E-state index contributed by atoms with van der Waals surface area (Å²) in [5.74, 6) is 0.419. The van der Waals surface area contributed by atoms with Crippen LogP contribution in [0, 0.1) is 5.92 Å². The number of carbonyl (C=O) groups is 1. The summed E-state index contributed by atoms with van der Waals surface area (Å²) < 4.78 is 39.1. The first-order valence-corrected chi connectivity index (χ1v) is 9.98. The fraction of sp³-hybridized carbons (Fsp3) is 0.227. The van der Waals surface area contributed by atoms with Crippen LogP contribution < -0.4 is 10.6 Å². The summed E-state index contributed by atoms with van der Waals surface area (Å²) in [4.78, 5) is 21.5. The van der Waals surface area contributed by atoms with Crippen LogP contribution in [0.3, 0.4) is 0 Å². The number of benzene rings is 2. The number of anilines is 4. The summed E-state index contributed by atoms with van der Waals surface area (Å²) in [7, 11) is 0. The van der Waals surface area contributed by atoms with E-state index in [1.807, 2.05) is 6.92 Å². The number of fused-ring (bicyclic) bond motifs is 1. The number of carbonyl (C=O) groups excluding carboxylic acids is 1. The average molecular weight is 447 g/mol. The lowest BCUT2D eigenvalue weighted by Crippen LogP contribution is -2.22. The minimum atomic E-state index is -4.46. The van der Waals surface area contributed by atoms with E-state index in [1.165, 1.54) is 12.1 Å². The van der Waals surface area contributed by atoms with Crippen molar-refractivity contribution in [3.63, 3.8) is 0 Å². The molecule has 0 spiro atoms. The van der Waals surface area contributed by atoms with Crippen LogP contribution in [0.2, 0.25) is 5.02 Å². The van der Waals surface area contributed by atoms with Crippen LogP contribution in [0.4, 0.5) is 36.3 Å². The van der Waals surface area contributed by atoms with Gasteiger partial charge in [-0.25, -0.2) is 4.98 Å². The molecule has 0 aliphatic heterocycles. The van der Waals surface area contributed by atoms with Gasteiger partial charge < -0.3 is 10.6 Å². The third kappa shape index (κ3) is 4.80. The van der Waals surface area contributed by atoms with Gasteiger partial charge in [-0.05, 0) is 48.7 Å². The Morgan fingerprint density at radius 3 is 2.42 bits per heavy atom. The van der Waals surface area contributed by atoms with Crippen molar-refractivity contribution >= 4 is 40.5 Å². The van der Waals surface area contributed by atoms with Crippen molar-refractivity contribution in [3.05, 3.63) is 70.4 Å². The number of hydrogen-bond donors (Lipinski definition) is 2. The normalized spacial score (nSPS) is 16.0. The molecule has 1 aromatic heterocycles. The van der Waals surface area contributed by atoms with Gasteiger partial charge in [-0.2, -0.15) is 18.2 Å². The van der Waals surface area contributed by atoms with Crippen LogP contribution in [0.1, 0.15) is 35.0 Å². The zero-order chi connectivity index (χ0) is 22.2. The summed E-state index contributed by atoms with van der Waals surface area (Å²) in [6, 6.07) is 11.7. The molecule has 160 valence electrons. The number of aromatic nitrogens is 2. The maximum Gasteiger partial charge on any atom is 0.416 e. The van der Waals surface area contributed by atoms with E-state index in [4.69, 9.17) is 11.6 Å². The summed E-state index contributed by atoms with van der Waals surface area (Å²) in [6.45, 7) is 1.95. The van der Waals surface area contributed by atoms with Crippen LogP contribution in [-0.4, -0.2) is 15.8 Å². The van der Waals surface area contributed by atoms with Crippen LogP contribution in [-0.2, 0) is 12.6 Å². The molecule has 1 heterocycles. The molecular weight excluding hydrogens is 429 g/mol. The highest BCUT2D eigenvalue weighted by Crippen LogP contribution is 2.34. The molecule has 31 heavy (non-hydrogen) atoms. The Balaban J connectivity index is 1.74. The van der Waals surface area contributed by atoms with Gasteiger partial charge in [0.05, 0.1) is 16.8 Å². The molecule has 5 nitrogen and oxygen atoms in total. The number of halogens is 4. The molecule has 3 aromatic rings. The molecule has 4 rings (SSSR count).